The molecule has 41 heavy (non-hydrogen) atoms. The molecule has 9 nitrogen and oxygen atoms in total. The molecule has 0 saturated carbocycles. The summed E-state index contributed by atoms with van der Waals surface area (Å²) in [5, 5.41) is 12.4. The first-order valence-corrected chi connectivity index (χ1v) is 12.9. The van der Waals surface area contributed by atoms with Gasteiger partial charge in [-0.25, -0.2) is 4.68 Å². The molecule has 1 atom stereocenters. The lowest BCUT2D eigenvalue weighted by Gasteiger charge is -2.20. The van der Waals surface area contributed by atoms with Gasteiger partial charge in [0, 0.05) is 47.3 Å². The van der Waals surface area contributed by atoms with Crippen molar-refractivity contribution in [2.75, 3.05) is 7.11 Å². The molecule has 5 aromatic rings. The fourth-order valence-corrected chi connectivity index (χ4v) is 4.96. The summed E-state index contributed by atoms with van der Waals surface area (Å²) >= 11 is 6.23. The van der Waals surface area contributed by atoms with Crippen LogP contribution in [0.25, 0.3) is 27.7 Å². The molecule has 13 heteroatoms. The Morgan fingerprint density at radius 3 is 2.54 bits per heavy atom. The zero-order valence-corrected chi connectivity index (χ0v) is 22.9. The SMILES string of the molecule is CCC(C(=O)Cc1ccc2nn(C)cc2c1)n1cc(OC)c(-c2cc(Cl)ccc2-n2cc(C(F)(F)F)nn2)cc1=O. The average molecular weight is 585 g/mol. The average Bonchev–Trinajstić information content (AvgIpc) is 3.56. The highest BCUT2D eigenvalue weighted by Crippen LogP contribution is 2.36. The smallest absolute Gasteiger partial charge is 0.436 e. The summed E-state index contributed by atoms with van der Waals surface area (Å²) in [7, 11) is 3.21. The van der Waals surface area contributed by atoms with Gasteiger partial charge in [0.25, 0.3) is 5.56 Å². The van der Waals surface area contributed by atoms with Crippen LogP contribution in [0, 0.1) is 0 Å². The number of ketones is 1. The van der Waals surface area contributed by atoms with E-state index in [-0.39, 0.29) is 34.2 Å². The number of methoxy groups -OCH3 is 1. The number of carbonyl (C=O) groups is 1. The van der Waals surface area contributed by atoms with Gasteiger partial charge >= 0.3 is 6.18 Å². The Balaban J connectivity index is 1.52. The summed E-state index contributed by atoms with van der Waals surface area (Å²) in [5.41, 5.74) is 0.688. The Hall–Kier alpha value is -4.45. The lowest BCUT2D eigenvalue weighted by molar-refractivity contribution is -0.141. The van der Waals surface area contributed by atoms with E-state index in [1.54, 1.807) is 11.6 Å². The minimum atomic E-state index is -4.69. The number of aryl methyl sites for hydroxylation is 1. The molecule has 3 heterocycles. The number of rotatable bonds is 8. The van der Waals surface area contributed by atoms with Gasteiger partial charge in [-0.1, -0.05) is 29.8 Å². The maximum Gasteiger partial charge on any atom is 0.436 e. The van der Waals surface area contributed by atoms with Gasteiger partial charge in [-0.05, 0) is 42.3 Å². The van der Waals surface area contributed by atoms with Crippen molar-refractivity contribution in [3.8, 4) is 22.6 Å². The third kappa shape index (κ3) is 5.60. The third-order valence-electron chi connectivity index (χ3n) is 6.70. The molecule has 2 aromatic carbocycles. The zero-order chi connectivity index (χ0) is 29.5. The zero-order valence-electron chi connectivity index (χ0n) is 22.2. The van der Waals surface area contributed by atoms with E-state index < -0.39 is 23.5 Å². The van der Waals surface area contributed by atoms with Crippen LogP contribution < -0.4 is 10.3 Å². The van der Waals surface area contributed by atoms with Crippen LogP contribution in [-0.2, 0) is 24.4 Å². The van der Waals surface area contributed by atoms with Gasteiger partial charge in [-0.3, -0.25) is 14.3 Å². The Bertz CT molecular complexity index is 1830. The summed E-state index contributed by atoms with van der Waals surface area (Å²) in [5.74, 6) is 0.0469. The van der Waals surface area contributed by atoms with Gasteiger partial charge in [-0.2, -0.15) is 18.3 Å². The molecule has 0 spiro atoms. The monoisotopic (exact) mass is 584 g/mol. The molecule has 0 bridgehead atoms. The molecule has 0 fully saturated rings. The van der Waals surface area contributed by atoms with Gasteiger partial charge in [0.05, 0.1) is 36.7 Å². The summed E-state index contributed by atoms with van der Waals surface area (Å²) < 4.78 is 49.1. The first-order chi connectivity index (χ1) is 19.5. The minimum absolute atomic E-state index is 0.103. The predicted octanol–water partition coefficient (Wildman–Crippen LogP) is 5.43. The van der Waals surface area contributed by atoms with Crippen molar-refractivity contribution in [1.82, 2.24) is 29.3 Å². The van der Waals surface area contributed by atoms with Crippen LogP contribution in [0.3, 0.4) is 0 Å². The quantitative estimate of drug-likeness (QED) is 0.241. The number of nitrogens with zero attached hydrogens (tertiary/aromatic N) is 6. The highest BCUT2D eigenvalue weighted by atomic mass is 35.5. The highest BCUT2D eigenvalue weighted by Gasteiger charge is 2.35. The number of pyridine rings is 1. The number of hydrogen-bond acceptors (Lipinski definition) is 6. The molecule has 0 N–H and O–H groups in total. The topological polar surface area (TPSA) is 96.8 Å². The van der Waals surface area contributed by atoms with Gasteiger partial charge in [-0.15, -0.1) is 5.10 Å². The maximum atomic E-state index is 13.4. The summed E-state index contributed by atoms with van der Waals surface area (Å²) in [6, 6.07) is 10.5. The van der Waals surface area contributed by atoms with E-state index >= 15 is 0 Å². The van der Waals surface area contributed by atoms with Crippen LogP contribution in [0.2, 0.25) is 5.02 Å². The first-order valence-electron chi connectivity index (χ1n) is 12.5. The van der Waals surface area contributed by atoms with Crippen LogP contribution >= 0.6 is 11.6 Å². The van der Waals surface area contributed by atoms with E-state index in [4.69, 9.17) is 16.3 Å². The second kappa shape index (κ2) is 10.8. The number of benzene rings is 2. The number of halogens is 4. The molecule has 3 aromatic heterocycles. The van der Waals surface area contributed by atoms with E-state index in [0.29, 0.717) is 12.0 Å². The van der Waals surface area contributed by atoms with E-state index in [0.717, 1.165) is 27.3 Å². The van der Waals surface area contributed by atoms with Crippen LogP contribution in [0.1, 0.15) is 30.6 Å². The van der Waals surface area contributed by atoms with E-state index in [1.807, 2.05) is 31.4 Å². The Morgan fingerprint density at radius 1 is 1.07 bits per heavy atom. The largest absolute Gasteiger partial charge is 0.495 e. The fourth-order valence-electron chi connectivity index (χ4n) is 4.79. The molecule has 0 aliphatic rings. The summed E-state index contributed by atoms with van der Waals surface area (Å²) in [4.78, 5) is 26.8. The highest BCUT2D eigenvalue weighted by molar-refractivity contribution is 6.31. The van der Waals surface area contributed by atoms with Crippen molar-refractivity contribution < 1.29 is 22.7 Å². The number of Topliss-reactive ketones (excluding diaryl/α,β-unsaturated/α-hetero) is 1. The van der Waals surface area contributed by atoms with E-state index in [9.17, 15) is 22.8 Å². The van der Waals surface area contributed by atoms with Crippen LogP contribution in [-0.4, -0.2) is 42.2 Å². The van der Waals surface area contributed by atoms with Crippen molar-refractivity contribution >= 4 is 28.3 Å². The Morgan fingerprint density at radius 2 is 1.85 bits per heavy atom. The van der Waals surface area contributed by atoms with Gasteiger partial charge in [0.15, 0.2) is 11.5 Å². The Kier molecular flexibility index (Phi) is 7.43. The number of alkyl halides is 3. The molecule has 1 unspecified atom stereocenters. The van der Waals surface area contributed by atoms with Crippen molar-refractivity contribution in [1.29, 1.82) is 0 Å². The number of fused-ring (bicyclic) bond motifs is 1. The van der Waals surface area contributed by atoms with E-state index in [2.05, 4.69) is 15.4 Å². The molecular weight excluding hydrogens is 561 g/mol. The standard InChI is InChI=1S/C28H24ClF3N6O3/c1-4-22(24(39)10-16-5-7-21-17(9-16)13-36(2)34-21)37-14-25(41-3)20(12-27(37)40)19-11-18(29)6-8-23(19)38-15-26(33-35-38)28(30,31)32/h5-9,11-15,22H,4,10H2,1-3H3. The van der Waals surface area contributed by atoms with Crippen molar-refractivity contribution in [2.45, 2.75) is 32.0 Å². The molecule has 0 aliphatic carbocycles. The molecule has 0 saturated heterocycles. The Labute approximate surface area is 236 Å². The van der Waals surface area contributed by atoms with Crippen LogP contribution in [0.15, 0.2) is 65.8 Å². The van der Waals surface area contributed by atoms with Gasteiger partial charge in [0.1, 0.15) is 5.75 Å². The van der Waals surface area contributed by atoms with Crippen molar-refractivity contribution in [2.24, 2.45) is 7.05 Å². The molecule has 5 rings (SSSR count). The van der Waals surface area contributed by atoms with Crippen LogP contribution in [0.5, 0.6) is 5.75 Å². The lowest BCUT2D eigenvalue weighted by Crippen LogP contribution is -2.30. The van der Waals surface area contributed by atoms with Gasteiger partial charge in [0.2, 0.25) is 0 Å². The second-order valence-corrected chi connectivity index (χ2v) is 9.91. The third-order valence-corrected chi connectivity index (χ3v) is 6.93. The lowest BCUT2D eigenvalue weighted by atomic mass is 9.99. The molecule has 0 aliphatic heterocycles. The predicted molar refractivity (Wildman–Crippen MR) is 146 cm³/mol. The number of hydrogen-bond donors (Lipinski definition) is 0. The van der Waals surface area contributed by atoms with Crippen LogP contribution in [0.4, 0.5) is 13.2 Å². The first kappa shape index (κ1) is 28.1. The molecule has 212 valence electrons. The molecular formula is C28H24ClF3N6O3. The number of ether oxygens (including phenoxy) is 1. The normalized spacial score (nSPS) is 12.6. The van der Waals surface area contributed by atoms with Crippen molar-refractivity contribution in [3.05, 3.63) is 87.7 Å². The number of carbonyl (C=O) groups excluding carboxylic acids is 1. The number of aromatic nitrogens is 6. The molecule has 0 radical (unpaired) electrons. The van der Waals surface area contributed by atoms with Crippen molar-refractivity contribution in [3.63, 3.8) is 0 Å². The minimum Gasteiger partial charge on any atom is -0.495 e. The van der Waals surface area contributed by atoms with E-state index in [1.165, 1.54) is 42.1 Å². The summed E-state index contributed by atoms with van der Waals surface area (Å²) in [6.07, 6.45) is -0.198. The maximum absolute atomic E-state index is 13.4. The second-order valence-electron chi connectivity index (χ2n) is 9.47. The summed E-state index contributed by atoms with van der Waals surface area (Å²) in [6.45, 7) is 1.80. The fraction of sp³-hybridized carbons (Fsp3) is 0.250. The molecule has 0 amide bonds. The van der Waals surface area contributed by atoms with Gasteiger partial charge < -0.3 is 9.30 Å².